The largest absolute Gasteiger partial charge is 0.346 e. The molecule has 3 fully saturated rings. The van der Waals surface area contributed by atoms with E-state index >= 15 is 0 Å². The number of nitrogens with one attached hydrogen (secondary N) is 2. The molecule has 1 aliphatic heterocycles. The Morgan fingerprint density at radius 1 is 1.17 bits per heavy atom. The second-order valence-corrected chi connectivity index (χ2v) is 12.1. The molecule has 1 saturated heterocycles. The minimum atomic E-state index is -3.48. The van der Waals surface area contributed by atoms with Crippen LogP contribution in [0.2, 0.25) is 0 Å². The molecule has 2 N–H and O–H groups in total. The summed E-state index contributed by atoms with van der Waals surface area (Å²) in [5.74, 6) is 0.434. The van der Waals surface area contributed by atoms with Gasteiger partial charge in [-0.1, -0.05) is 19.3 Å². The Labute approximate surface area is 204 Å². The molecule has 10 nitrogen and oxygen atoms in total. The first-order valence-electron chi connectivity index (χ1n) is 12.5. The topological polar surface area (TPSA) is 133 Å². The fraction of sp³-hybridized carbons (Fsp3) is 0.583. The first-order valence-corrected chi connectivity index (χ1v) is 13.9. The second-order valence-electron chi connectivity index (χ2n) is 10.4. The van der Waals surface area contributed by atoms with Gasteiger partial charge in [-0.05, 0) is 43.6 Å². The SMILES string of the molecule is N#CC[C@@]1(n2cc(-c3ncnc4[nH]ccc34)cn2)C[C@H]2CN(S(=O)(=O)NC3CCCCC3)C[C@H]2C1. The fourth-order valence-electron chi connectivity index (χ4n) is 6.49. The van der Waals surface area contributed by atoms with Crippen LogP contribution >= 0.6 is 0 Å². The summed E-state index contributed by atoms with van der Waals surface area (Å²) in [6.07, 6.45) is 14.2. The summed E-state index contributed by atoms with van der Waals surface area (Å²) in [5, 5.41) is 15.3. The zero-order valence-corrected chi connectivity index (χ0v) is 20.4. The van der Waals surface area contributed by atoms with Crippen molar-refractivity contribution < 1.29 is 8.42 Å². The van der Waals surface area contributed by atoms with E-state index in [9.17, 15) is 13.7 Å². The van der Waals surface area contributed by atoms with Crippen LogP contribution in [0.3, 0.4) is 0 Å². The number of H-pyrrole nitrogens is 1. The highest BCUT2D eigenvalue weighted by molar-refractivity contribution is 7.87. The number of hydrogen-bond donors (Lipinski definition) is 2. The standard InChI is InChI=1S/C24H30N8O2S/c25-8-7-24(32-15-19(12-29-32)22-21-6-9-26-23(21)28-16-27-22)10-17-13-31(14-18(17)11-24)35(33,34)30-20-4-2-1-3-5-20/h6,9,12,15-18,20,30H,1-5,7,10-11,13-14H2,(H,26,27,28)/t17-,18+,24+. The van der Waals surface area contributed by atoms with Crippen LogP contribution in [0.1, 0.15) is 51.4 Å². The van der Waals surface area contributed by atoms with Crippen molar-refractivity contribution >= 4 is 21.2 Å². The van der Waals surface area contributed by atoms with Crippen LogP contribution in [0.25, 0.3) is 22.3 Å². The molecule has 184 valence electrons. The summed E-state index contributed by atoms with van der Waals surface area (Å²) < 4.78 is 32.6. The van der Waals surface area contributed by atoms with Crippen LogP contribution in [0, 0.1) is 23.2 Å². The zero-order chi connectivity index (χ0) is 24.0. The monoisotopic (exact) mass is 494 g/mol. The van der Waals surface area contributed by atoms with Crippen LogP contribution in [-0.2, 0) is 15.7 Å². The van der Waals surface area contributed by atoms with E-state index in [1.807, 2.05) is 23.1 Å². The molecule has 6 rings (SSSR count). The maximum atomic E-state index is 13.1. The highest BCUT2D eigenvalue weighted by Crippen LogP contribution is 2.50. The van der Waals surface area contributed by atoms with Crippen LogP contribution in [0.5, 0.6) is 0 Å². The highest BCUT2D eigenvalue weighted by atomic mass is 32.2. The predicted octanol–water partition coefficient (Wildman–Crippen LogP) is 2.94. The fourth-order valence-corrected chi connectivity index (χ4v) is 8.07. The number of nitrogens with zero attached hydrogens (tertiary/aromatic N) is 6. The third kappa shape index (κ3) is 4.03. The lowest BCUT2D eigenvalue weighted by molar-refractivity contribution is 0.239. The third-order valence-electron chi connectivity index (χ3n) is 8.19. The van der Waals surface area contributed by atoms with Crippen molar-refractivity contribution in [3.8, 4) is 17.3 Å². The van der Waals surface area contributed by atoms with Gasteiger partial charge < -0.3 is 4.98 Å². The number of aromatic nitrogens is 5. The van der Waals surface area contributed by atoms with Gasteiger partial charge in [0.15, 0.2) is 0 Å². The maximum absolute atomic E-state index is 13.1. The van der Waals surface area contributed by atoms with Gasteiger partial charge in [0.25, 0.3) is 10.2 Å². The lowest BCUT2D eigenvalue weighted by Crippen LogP contribution is -2.46. The Morgan fingerprint density at radius 3 is 2.69 bits per heavy atom. The first-order chi connectivity index (χ1) is 17.0. The van der Waals surface area contributed by atoms with Crippen molar-refractivity contribution in [2.24, 2.45) is 11.8 Å². The second kappa shape index (κ2) is 8.69. The van der Waals surface area contributed by atoms with Crippen LogP contribution in [0.4, 0.5) is 0 Å². The van der Waals surface area contributed by atoms with E-state index in [4.69, 9.17) is 0 Å². The molecule has 11 heteroatoms. The molecule has 0 amide bonds. The molecule has 0 spiro atoms. The third-order valence-corrected chi connectivity index (χ3v) is 9.80. The molecule has 3 aromatic rings. The molecular formula is C24H30N8O2S. The predicted molar refractivity (Wildman–Crippen MR) is 130 cm³/mol. The zero-order valence-electron chi connectivity index (χ0n) is 19.6. The lowest BCUT2D eigenvalue weighted by atomic mass is 9.92. The number of aromatic amines is 1. The molecular weight excluding hydrogens is 464 g/mol. The van der Waals surface area contributed by atoms with Crippen molar-refractivity contribution in [2.45, 2.75) is 62.9 Å². The van der Waals surface area contributed by atoms with Crippen molar-refractivity contribution in [3.05, 3.63) is 31.0 Å². The van der Waals surface area contributed by atoms with Gasteiger partial charge in [0, 0.05) is 42.5 Å². The average Bonchev–Trinajstić information content (AvgIpc) is 3.62. The molecule has 0 bridgehead atoms. The summed E-state index contributed by atoms with van der Waals surface area (Å²) in [5.41, 5.74) is 2.03. The molecule has 2 aliphatic carbocycles. The van der Waals surface area contributed by atoms with Crippen LogP contribution in [0.15, 0.2) is 31.0 Å². The van der Waals surface area contributed by atoms with E-state index < -0.39 is 15.7 Å². The average molecular weight is 495 g/mol. The molecule has 3 atom stereocenters. The van der Waals surface area contributed by atoms with Gasteiger partial charge in [-0.2, -0.15) is 27.8 Å². The molecule has 0 aromatic carbocycles. The summed E-state index contributed by atoms with van der Waals surface area (Å²) >= 11 is 0. The van der Waals surface area contributed by atoms with Gasteiger partial charge in [0.2, 0.25) is 0 Å². The van der Waals surface area contributed by atoms with Gasteiger partial charge in [-0.25, -0.2) is 9.97 Å². The van der Waals surface area contributed by atoms with Gasteiger partial charge in [0.05, 0.1) is 29.9 Å². The van der Waals surface area contributed by atoms with Gasteiger partial charge in [0.1, 0.15) is 12.0 Å². The number of nitriles is 1. The Hall–Kier alpha value is -2.81. The Balaban J connectivity index is 1.21. The Morgan fingerprint density at radius 2 is 1.94 bits per heavy atom. The van der Waals surface area contributed by atoms with Crippen molar-refractivity contribution in [1.82, 2.24) is 33.8 Å². The lowest BCUT2D eigenvalue weighted by Gasteiger charge is -2.30. The van der Waals surface area contributed by atoms with Crippen molar-refractivity contribution in [2.75, 3.05) is 13.1 Å². The smallest absolute Gasteiger partial charge is 0.279 e. The van der Waals surface area contributed by atoms with Crippen LogP contribution in [-0.4, -0.2) is 56.6 Å². The summed E-state index contributed by atoms with van der Waals surface area (Å²) in [7, 11) is -3.48. The number of hydrogen-bond acceptors (Lipinski definition) is 6. The van der Waals surface area contributed by atoms with Crippen molar-refractivity contribution in [1.29, 1.82) is 5.26 Å². The van der Waals surface area contributed by atoms with E-state index in [0.29, 0.717) is 19.5 Å². The summed E-state index contributed by atoms with van der Waals surface area (Å²) in [6.45, 7) is 1.01. The van der Waals surface area contributed by atoms with E-state index in [1.165, 1.54) is 12.7 Å². The van der Waals surface area contributed by atoms with Gasteiger partial charge in [-0.3, -0.25) is 4.68 Å². The molecule has 4 heterocycles. The van der Waals surface area contributed by atoms with E-state index in [2.05, 4.69) is 30.8 Å². The highest BCUT2D eigenvalue weighted by Gasteiger charge is 2.52. The normalized spacial score (nSPS) is 27.9. The maximum Gasteiger partial charge on any atom is 0.279 e. The summed E-state index contributed by atoms with van der Waals surface area (Å²) in [6, 6.07) is 4.38. The van der Waals surface area contributed by atoms with Crippen LogP contribution < -0.4 is 4.72 Å². The number of fused-ring (bicyclic) bond motifs is 2. The molecule has 0 unspecified atom stereocenters. The molecule has 3 aromatic heterocycles. The van der Waals surface area contributed by atoms with Crippen molar-refractivity contribution in [3.63, 3.8) is 0 Å². The minimum Gasteiger partial charge on any atom is -0.346 e. The Kier molecular flexibility index (Phi) is 5.62. The van der Waals surface area contributed by atoms with Gasteiger partial charge >= 0.3 is 0 Å². The molecule has 0 radical (unpaired) electrons. The minimum absolute atomic E-state index is 0.0580. The summed E-state index contributed by atoms with van der Waals surface area (Å²) in [4.78, 5) is 11.8. The van der Waals surface area contributed by atoms with E-state index in [1.54, 1.807) is 10.5 Å². The Bertz CT molecular complexity index is 1350. The quantitative estimate of drug-likeness (QED) is 0.541. The molecule has 3 aliphatic rings. The first kappa shape index (κ1) is 22.6. The van der Waals surface area contributed by atoms with E-state index in [-0.39, 0.29) is 17.9 Å². The van der Waals surface area contributed by atoms with E-state index in [0.717, 1.165) is 60.8 Å². The number of rotatable bonds is 6. The van der Waals surface area contributed by atoms with Gasteiger partial charge in [-0.15, -0.1) is 0 Å². The molecule has 2 saturated carbocycles. The molecule has 35 heavy (non-hydrogen) atoms.